The molecule has 0 atom stereocenters. The van der Waals surface area contributed by atoms with Crippen molar-refractivity contribution < 1.29 is 0 Å². The first-order chi connectivity index (χ1) is 10.2. The maximum Gasteiger partial charge on any atom is 0.138 e. The zero-order valence-electron chi connectivity index (χ0n) is 11.0. The van der Waals surface area contributed by atoms with E-state index in [1.165, 1.54) is 0 Å². The number of nitrogens with zero attached hydrogens (tertiary/aromatic N) is 2. The van der Waals surface area contributed by atoms with Crippen molar-refractivity contribution in [3.8, 4) is 0 Å². The van der Waals surface area contributed by atoms with Crippen LogP contribution in [0.1, 0.15) is 11.1 Å². The van der Waals surface area contributed by atoms with Gasteiger partial charge in [0.2, 0.25) is 0 Å². The van der Waals surface area contributed by atoms with E-state index in [1.807, 2.05) is 36.4 Å². The molecule has 106 valence electrons. The number of hydrazine groups is 1. The second-order valence-corrected chi connectivity index (χ2v) is 5.35. The van der Waals surface area contributed by atoms with E-state index in [4.69, 9.17) is 29.0 Å². The highest BCUT2D eigenvalue weighted by Gasteiger charge is 2.17. The molecule has 21 heavy (non-hydrogen) atoms. The summed E-state index contributed by atoms with van der Waals surface area (Å²) >= 11 is 12.4. The second kappa shape index (κ2) is 5.85. The Balaban J connectivity index is 2.21. The molecule has 0 amide bonds. The summed E-state index contributed by atoms with van der Waals surface area (Å²) in [7, 11) is 0. The third-order valence-corrected chi connectivity index (χ3v) is 3.72. The van der Waals surface area contributed by atoms with Gasteiger partial charge in [0, 0.05) is 21.2 Å². The van der Waals surface area contributed by atoms with Crippen LogP contribution in [0.2, 0.25) is 10.0 Å². The lowest BCUT2D eigenvalue weighted by Gasteiger charge is -2.10. The lowest BCUT2D eigenvalue weighted by Crippen LogP contribution is -2.32. The molecule has 1 aliphatic rings. The number of nitrogens with two attached hydrogens (primary N) is 1. The number of fused-ring (bicyclic) bond motifs is 1. The molecular weight excluding hydrogens is 307 g/mol. The molecule has 0 saturated carbocycles. The molecule has 0 saturated heterocycles. The molecule has 0 aromatic heterocycles. The SMILES string of the molecule is NNC1=Nc2cc(Cl)ccc2C(c2ccccc2Cl)=NC1. The topological polar surface area (TPSA) is 62.8 Å². The van der Waals surface area contributed by atoms with Crippen LogP contribution in [0, 0.1) is 0 Å². The predicted molar refractivity (Wildman–Crippen MR) is 87.8 cm³/mol. The van der Waals surface area contributed by atoms with Gasteiger partial charge < -0.3 is 5.43 Å². The van der Waals surface area contributed by atoms with E-state index in [0.717, 1.165) is 16.8 Å². The summed E-state index contributed by atoms with van der Waals surface area (Å²) in [5, 5.41) is 1.25. The van der Waals surface area contributed by atoms with Gasteiger partial charge in [0.1, 0.15) is 5.84 Å². The summed E-state index contributed by atoms with van der Waals surface area (Å²) in [6, 6.07) is 13.1. The zero-order valence-corrected chi connectivity index (χ0v) is 12.5. The van der Waals surface area contributed by atoms with E-state index in [1.54, 1.807) is 6.07 Å². The van der Waals surface area contributed by atoms with Gasteiger partial charge in [-0.1, -0.05) is 41.4 Å². The summed E-state index contributed by atoms with van der Waals surface area (Å²) in [5.74, 6) is 6.04. The van der Waals surface area contributed by atoms with Crippen LogP contribution in [0.25, 0.3) is 0 Å². The fraction of sp³-hybridized carbons (Fsp3) is 0.0667. The minimum Gasteiger partial charge on any atom is -0.310 e. The molecule has 0 radical (unpaired) electrons. The summed E-state index contributed by atoms with van der Waals surface area (Å²) < 4.78 is 0. The fourth-order valence-corrected chi connectivity index (χ4v) is 2.57. The molecule has 1 heterocycles. The number of nitrogens with one attached hydrogen (secondary N) is 1. The third kappa shape index (κ3) is 2.78. The highest BCUT2D eigenvalue weighted by Crippen LogP contribution is 2.30. The number of hydrogen-bond acceptors (Lipinski definition) is 4. The van der Waals surface area contributed by atoms with Gasteiger partial charge in [-0.3, -0.25) is 4.99 Å². The molecule has 3 N–H and O–H groups in total. The molecule has 0 spiro atoms. The quantitative estimate of drug-likeness (QED) is 0.625. The largest absolute Gasteiger partial charge is 0.310 e. The molecule has 0 unspecified atom stereocenters. The number of rotatable bonds is 1. The van der Waals surface area contributed by atoms with E-state index >= 15 is 0 Å². The first-order valence-electron chi connectivity index (χ1n) is 6.32. The minimum absolute atomic E-state index is 0.351. The van der Waals surface area contributed by atoms with Crippen molar-refractivity contribution in [3.63, 3.8) is 0 Å². The smallest absolute Gasteiger partial charge is 0.138 e. The molecule has 0 aliphatic carbocycles. The summed E-state index contributed by atoms with van der Waals surface area (Å²) in [6.07, 6.45) is 0. The zero-order chi connectivity index (χ0) is 14.8. The summed E-state index contributed by atoms with van der Waals surface area (Å²) in [5.41, 5.74) is 5.78. The van der Waals surface area contributed by atoms with Crippen molar-refractivity contribution in [1.82, 2.24) is 5.43 Å². The number of benzene rings is 2. The van der Waals surface area contributed by atoms with Gasteiger partial charge in [-0.25, -0.2) is 10.8 Å². The lowest BCUT2D eigenvalue weighted by atomic mass is 10.0. The van der Waals surface area contributed by atoms with Crippen molar-refractivity contribution >= 4 is 40.4 Å². The summed E-state index contributed by atoms with van der Waals surface area (Å²) in [6.45, 7) is 0.351. The van der Waals surface area contributed by atoms with Crippen LogP contribution < -0.4 is 11.3 Å². The van der Waals surface area contributed by atoms with Crippen molar-refractivity contribution in [3.05, 3.63) is 63.6 Å². The van der Waals surface area contributed by atoms with Crippen LogP contribution in [0.3, 0.4) is 0 Å². The normalized spacial score (nSPS) is 13.9. The molecule has 1 aliphatic heterocycles. The van der Waals surface area contributed by atoms with Crippen molar-refractivity contribution in [2.24, 2.45) is 15.8 Å². The fourth-order valence-electron chi connectivity index (χ4n) is 2.18. The predicted octanol–water partition coefficient (Wildman–Crippen LogP) is 3.34. The Morgan fingerprint density at radius 2 is 1.86 bits per heavy atom. The Morgan fingerprint density at radius 3 is 2.62 bits per heavy atom. The second-order valence-electron chi connectivity index (χ2n) is 4.51. The number of hydrogen-bond donors (Lipinski definition) is 2. The Kier molecular flexibility index (Phi) is 3.92. The summed E-state index contributed by atoms with van der Waals surface area (Å²) in [4.78, 5) is 9.06. The van der Waals surface area contributed by atoms with Crippen LogP contribution in [0.4, 0.5) is 5.69 Å². The molecule has 3 rings (SSSR count). The Morgan fingerprint density at radius 1 is 1.05 bits per heavy atom. The molecule has 2 aromatic carbocycles. The van der Waals surface area contributed by atoms with Gasteiger partial charge >= 0.3 is 0 Å². The number of amidine groups is 1. The van der Waals surface area contributed by atoms with Crippen LogP contribution in [-0.2, 0) is 0 Å². The van der Waals surface area contributed by atoms with E-state index in [0.29, 0.717) is 28.1 Å². The number of aliphatic imine (C=N–C) groups is 2. The Hall–Kier alpha value is -1.88. The van der Waals surface area contributed by atoms with Crippen LogP contribution in [0.15, 0.2) is 52.4 Å². The third-order valence-electron chi connectivity index (χ3n) is 3.15. The highest BCUT2D eigenvalue weighted by atomic mass is 35.5. The highest BCUT2D eigenvalue weighted by molar-refractivity contribution is 6.36. The molecule has 0 fully saturated rings. The van der Waals surface area contributed by atoms with Crippen LogP contribution in [0.5, 0.6) is 0 Å². The van der Waals surface area contributed by atoms with Crippen LogP contribution in [-0.4, -0.2) is 18.1 Å². The van der Waals surface area contributed by atoms with Gasteiger partial charge in [0.25, 0.3) is 0 Å². The van der Waals surface area contributed by atoms with Gasteiger partial charge in [0.15, 0.2) is 0 Å². The van der Waals surface area contributed by atoms with Crippen LogP contribution >= 0.6 is 23.2 Å². The molecule has 4 nitrogen and oxygen atoms in total. The minimum atomic E-state index is 0.351. The van der Waals surface area contributed by atoms with Gasteiger partial charge in [-0.2, -0.15) is 0 Å². The van der Waals surface area contributed by atoms with Crippen molar-refractivity contribution in [2.45, 2.75) is 0 Å². The molecular formula is C15H12Cl2N4. The Labute approximate surface area is 132 Å². The van der Waals surface area contributed by atoms with E-state index in [-0.39, 0.29) is 0 Å². The van der Waals surface area contributed by atoms with Gasteiger partial charge in [0.05, 0.1) is 17.9 Å². The average molecular weight is 319 g/mol. The van der Waals surface area contributed by atoms with E-state index < -0.39 is 0 Å². The van der Waals surface area contributed by atoms with Crippen molar-refractivity contribution in [2.75, 3.05) is 6.54 Å². The Bertz CT molecular complexity index is 753. The van der Waals surface area contributed by atoms with Gasteiger partial charge in [-0.15, -0.1) is 0 Å². The number of halogens is 2. The molecule has 6 heteroatoms. The average Bonchev–Trinajstić information content (AvgIpc) is 2.66. The van der Waals surface area contributed by atoms with E-state index in [9.17, 15) is 0 Å². The first kappa shape index (κ1) is 14.1. The van der Waals surface area contributed by atoms with Crippen molar-refractivity contribution in [1.29, 1.82) is 0 Å². The monoisotopic (exact) mass is 318 g/mol. The van der Waals surface area contributed by atoms with E-state index in [2.05, 4.69) is 15.4 Å². The molecule has 2 aromatic rings. The standard InChI is InChI=1S/C15H12Cl2N4/c16-9-5-6-11-13(7-9)20-14(21-18)8-19-15(11)10-3-1-2-4-12(10)17/h1-7H,8,18H2,(H,20,21). The molecule has 0 bridgehead atoms. The maximum atomic E-state index is 6.29. The lowest BCUT2D eigenvalue weighted by molar-refractivity contribution is 0.992. The first-order valence-corrected chi connectivity index (χ1v) is 7.08. The van der Waals surface area contributed by atoms with Gasteiger partial charge in [-0.05, 0) is 24.3 Å². The maximum absolute atomic E-state index is 6.29.